The van der Waals surface area contributed by atoms with Crippen LogP contribution in [0.2, 0.25) is 5.15 Å². The lowest BCUT2D eigenvalue weighted by Crippen LogP contribution is -1.94. The summed E-state index contributed by atoms with van der Waals surface area (Å²) in [5.74, 6) is 0.558. The number of hydrogen-bond donors (Lipinski definition) is 0. The second-order valence-corrected chi connectivity index (χ2v) is 4.38. The summed E-state index contributed by atoms with van der Waals surface area (Å²) in [5, 5.41) is 1.31. The zero-order valence-electron chi connectivity index (χ0n) is 9.76. The predicted molar refractivity (Wildman–Crippen MR) is 72.5 cm³/mol. The average molecular weight is 256 g/mol. The molecule has 2 heterocycles. The highest BCUT2D eigenvalue weighted by molar-refractivity contribution is 6.34. The van der Waals surface area contributed by atoms with Crippen LogP contribution in [-0.2, 0) is 0 Å². The Bertz CT molecular complexity index is 725. The Morgan fingerprint density at radius 1 is 0.889 bits per heavy atom. The summed E-state index contributed by atoms with van der Waals surface area (Å²) in [4.78, 5) is 13.2. The molecule has 0 amide bonds. The van der Waals surface area contributed by atoms with Crippen molar-refractivity contribution in [1.29, 1.82) is 0 Å². The Morgan fingerprint density at radius 2 is 1.72 bits per heavy atom. The number of hydrogen-bond acceptors (Lipinski definition) is 3. The van der Waals surface area contributed by atoms with E-state index < -0.39 is 0 Å². The van der Waals surface area contributed by atoms with E-state index in [1.54, 1.807) is 0 Å². The number of benzene rings is 1. The van der Waals surface area contributed by atoms with Crippen molar-refractivity contribution in [3.8, 4) is 11.5 Å². The molecule has 0 radical (unpaired) electrons. The van der Waals surface area contributed by atoms with Crippen molar-refractivity contribution in [2.24, 2.45) is 0 Å². The Kier molecular flexibility index (Phi) is 2.68. The van der Waals surface area contributed by atoms with Gasteiger partial charge in [0.25, 0.3) is 0 Å². The Hall–Kier alpha value is -2.00. The molecule has 0 unspecified atom stereocenters. The maximum atomic E-state index is 6.17. The van der Waals surface area contributed by atoms with Crippen LogP contribution in [0.1, 0.15) is 5.69 Å². The van der Waals surface area contributed by atoms with Crippen LogP contribution in [-0.4, -0.2) is 15.0 Å². The molecule has 0 bridgehead atoms. The van der Waals surface area contributed by atoms with Crippen LogP contribution in [0, 0.1) is 6.92 Å². The highest BCUT2D eigenvalue weighted by atomic mass is 35.5. The molecule has 0 spiro atoms. The molecular formula is C14H10ClN3. The number of aromatic nitrogens is 3. The van der Waals surface area contributed by atoms with Crippen LogP contribution in [0.15, 0.2) is 42.5 Å². The minimum Gasteiger partial charge on any atom is -0.250 e. The SMILES string of the molecule is Cc1cccc(-c2nc(Cl)c3ccccc3n2)n1. The summed E-state index contributed by atoms with van der Waals surface area (Å²) in [7, 11) is 0. The molecule has 0 aliphatic carbocycles. The van der Waals surface area contributed by atoms with Crippen molar-refractivity contribution in [3.05, 3.63) is 53.3 Å². The lowest BCUT2D eigenvalue weighted by molar-refractivity contribution is 1.14. The fourth-order valence-corrected chi connectivity index (χ4v) is 2.06. The van der Waals surface area contributed by atoms with Gasteiger partial charge in [-0.25, -0.2) is 15.0 Å². The van der Waals surface area contributed by atoms with Crippen LogP contribution in [0.25, 0.3) is 22.4 Å². The van der Waals surface area contributed by atoms with Gasteiger partial charge in [-0.1, -0.05) is 29.8 Å². The number of rotatable bonds is 1. The van der Waals surface area contributed by atoms with E-state index in [0.29, 0.717) is 11.0 Å². The van der Waals surface area contributed by atoms with Gasteiger partial charge < -0.3 is 0 Å². The topological polar surface area (TPSA) is 38.7 Å². The van der Waals surface area contributed by atoms with E-state index in [4.69, 9.17) is 11.6 Å². The monoisotopic (exact) mass is 255 g/mol. The van der Waals surface area contributed by atoms with Crippen LogP contribution >= 0.6 is 11.6 Å². The van der Waals surface area contributed by atoms with E-state index in [2.05, 4.69) is 15.0 Å². The molecule has 2 aromatic heterocycles. The summed E-state index contributed by atoms with van der Waals surface area (Å²) in [6, 6.07) is 13.4. The van der Waals surface area contributed by atoms with Gasteiger partial charge in [-0.15, -0.1) is 0 Å². The lowest BCUT2D eigenvalue weighted by atomic mass is 10.2. The van der Waals surface area contributed by atoms with Crippen LogP contribution in [0.4, 0.5) is 0 Å². The molecule has 0 saturated heterocycles. The summed E-state index contributed by atoms with van der Waals surface area (Å²) in [5.41, 5.74) is 2.50. The molecule has 1 aromatic carbocycles. The highest BCUT2D eigenvalue weighted by Crippen LogP contribution is 2.23. The van der Waals surface area contributed by atoms with Crippen LogP contribution in [0.3, 0.4) is 0 Å². The fourth-order valence-electron chi connectivity index (χ4n) is 1.82. The maximum Gasteiger partial charge on any atom is 0.180 e. The second kappa shape index (κ2) is 4.35. The quantitative estimate of drug-likeness (QED) is 0.623. The van der Waals surface area contributed by atoms with E-state index in [-0.39, 0.29) is 0 Å². The molecule has 88 valence electrons. The normalized spacial score (nSPS) is 10.8. The van der Waals surface area contributed by atoms with Gasteiger partial charge >= 0.3 is 0 Å². The van der Waals surface area contributed by atoms with Crippen molar-refractivity contribution in [2.45, 2.75) is 6.92 Å². The lowest BCUT2D eigenvalue weighted by Gasteiger charge is -2.04. The van der Waals surface area contributed by atoms with Crippen molar-refractivity contribution in [3.63, 3.8) is 0 Å². The summed E-state index contributed by atoms with van der Waals surface area (Å²) < 4.78 is 0. The van der Waals surface area contributed by atoms with Crippen molar-refractivity contribution >= 4 is 22.5 Å². The van der Waals surface area contributed by atoms with Crippen molar-refractivity contribution in [2.75, 3.05) is 0 Å². The van der Waals surface area contributed by atoms with Gasteiger partial charge in [0.1, 0.15) is 10.8 Å². The molecule has 4 heteroatoms. The van der Waals surface area contributed by atoms with E-state index in [0.717, 1.165) is 22.3 Å². The highest BCUT2D eigenvalue weighted by Gasteiger charge is 2.08. The largest absolute Gasteiger partial charge is 0.250 e. The van der Waals surface area contributed by atoms with Crippen LogP contribution < -0.4 is 0 Å². The smallest absolute Gasteiger partial charge is 0.180 e. The second-order valence-electron chi connectivity index (χ2n) is 4.02. The minimum atomic E-state index is 0.457. The molecule has 0 aliphatic rings. The molecule has 18 heavy (non-hydrogen) atoms. The summed E-state index contributed by atoms with van der Waals surface area (Å²) in [6.45, 7) is 1.94. The fraction of sp³-hybridized carbons (Fsp3) is 0.0714. The summed E-state index contributed by atoms with van der Waals surface area (Å²) >= 11 is 6.17. The van der Waals surface area contributed by atoms with E-state index in [1.165, 1.54) is 0 Å². The first-order valence-electron chi connectivity index (χ1n) is 5.60. The van der Waals surface area contributed by atoms with Gasteiger partial charge in [0.15, 0.2) is 5.82 Å². The molecule has 3 rings (SSSR count). The number of para-hydroxylation sites is 1. The van der Waals surface area contributed by atoms with Gasteiger partial charge in [-0.05, 0) is 31.2 Å². The number of fused-ring (bicyclic) bond motifs is 1. The molecule has 0 aliphatic heterocycles. The van der Waals surface area contributed by atoms with Crippen LogP contribution in [0.5, 0.6) is 0 Å². The number of nitrogens with zero attached hydrogens (tertiary/aromatic N) is 3. The predicted octanol–water partition coefficient (Wildman–Crippen LogP) is 3.65. The van der Waals surface area contributed by atoms with E-state index in [1.807, 2.05) is 49.4 Å². The van der Waals surface area contributed by atoms with E-state index in [9.17, 15) is 0 Å². The van der Waals surface area contributed by atoms with Gasteiger partial charge in [0.05, 0.1) is 5.52 Å². The standard InChI is InChI=1S/C14H10ClN3/c1-9-5-4-8-12(16-9)14-17-11-7-3-2-6-10(11)13(15)18-14/h2-8H,1H3. The number of aryl methyl sites for hydroxylation is 1. The van der Waals surface area contributed by atoms with E-state index >= 15 is 0 Å². The van der Waals surface area contributed by atoms with Gasteiger partial charge in [0.2, 0.25) is 0 Å². The van der Waals surface area contributed by atoms with Gasteiger partial charge in [-0.3, -0.25) is 0 Å². The molecule has 0 saturated carbocycles. The number of halogens is 1. The van der Waals surface area contributed by atoms with Gasteiger partial charge in [-0.2, -0.15) is 0 Å². The zero-order valence-corrected chi connectivity index (χ0v) is 10.5. The third kappa shape index (κ3) is 1.93. The van der Waals surface area contributed by atoms with Gasteiger partial charge in [0, 0.05) is 11.1 Å². The van der Waals surface area contributed by atoms with Crippen molar-refractivity contribution in [1.82, 2.24) is 15.0 Å². The molecular weight excluding hydrogens is 246 g/mol. The first kappa shape index (κ1) is 11.1. The Morgan fingerprint density at radius 3 is 2.56 bits per heavy atom. The third-order valence-electron chi connectivity index (χ3n) is 2.67. The minimum absolute atomic E-state index is 0.457. The molecule has 3 aromatic rings. The Balaban J connectivity index is 2.24. The average Bonchev–Trinajstić information content (AvgIpc) is 2.39. The maximum absolute atomic E-state index is 6.17. The molecule has 0 fully saturated rings. The summed E-state index contributed by atoms with van der Waals surface area (Å²) in [6.07, 6.45) is 0. The molecule has 3 nitrogen and oxygen atoms in total. The Labute approximate surface area is 109 Å². The first-order valence-corrected chi connectivity index (χ1v) is 5.98. The molecule has 0 N–H and O–H groups in total. The third-order valence-corrected chi connectivity index (χ3v) is 2.96. The zero-order chi connectivity index (χ0) is 12.5. The van der Waals surface area contributed by atoms with Crippen molar-refractivity contribution < 1.29 is 0 Å². The number of pyridine rings is 1. The first-order chi connectivity index (χ1) is 8.74. The molecule has 0 atom stereocenters.